The van der Waals surface area contributed by atoms with E-state index in [4.69, 9.17) is 4.42 Å². The second kappa shape index (κ2) is 7.67. The monoisotopic (exact) mass is 359 g/mol. The van der Waals surface area contributed by atoms with E-state index in [1.54, 1.807) is 18.3 Å². The van der Waals surface area contributed by atoms with E-state index < -0.39 is 10.0 Å². The van der Waals surface area contributed by atoms with Crippen LogP contribution in [0.25, 0.3) is 11.5 Å². The van der Waals surface area contributed by atoms with Gasteiger partial charge in [-0.3, -0.25) is 5.10 Å². The number of H-pyrrole nitrogens is 1. The van der Waals surface area contributed by atoms with Gasteiger partial charge >= 0.3 is 0 Å². The summed E-state index contributed by atoms with van der Waals surface area (Å²) in [7, 11) is -3.67. The molecule has 7 heteroatoms. The quantitative estimate of drug-likeness (QED) is 0.669. The first-order chi connectivity index (χ1) is 12.1. The molecule has 0 spiro atoms. The summed E-state index contributed by atoms with van der Waals surface area (Å²) in [6.45, 7) is 2.83. The van der Waals surface area contributed by atoms with Gasteiger partial charge in [-0.15, -0.1) is 0 Å². The van der Waals surface area contributed by atoms with Crippen molar-refractivity contribution in [3.05, 3.63) is 60.3 Å². The molecule has 0 unspecified atom stereocenters. The third kappa shape index (κ3) is 4.00. The summed E-state index contributed by atoms with van der Waals surface area (Å²) >= 11 is 0. The molecule has 0 atom stereocenters. The van der Waals surface area contributed by atoms with E-state index in [-0.39, 0.29) is 5.09 Å². The molecule has 6 nitrogen and oxygen atoms in total. The maximum absolute atomic E-state index is 12.9. The number of rotatable bonds is 8. The van der Waals surface area contributed by atoms with E-state index in [0.29, 0.717) is 31.0 Å². The number of benzene rings is 1. The summed E-state index contributed by atoms with van der Waals surface area (Å²) in [6, 6.07) is 14.7. The lowest BCUT2D eigenvalue weighted by Crippen LogP contribution is -2.33. The molecule has 0 radical (unpaired) electrons. The average molecular weight is 359 g/mol. The zero-order valence-corrected chi connectivity index (χ0v) is 14.9. The molecule has 0 saturated heterocycles. The van der Waals surface area contributed by atoms with Crippen LogP contribution in [-0.4, -0.2) is 36.0 Å². The Kier molecular flexibility index (Phi) is 5.35. The minimum Gasteiger partial charge on any atom is -0.442 e. The minimum atomic E-state index is -3.67. The lowest BCUT2D eigenvalue weighted by atomic mass is 10.1. The van der Waals surface area contributed by atoms with Crippen LogP contribution in [0, 0.1) is 0 Å². The van der Waals surface area contributed by atoms with Crippen molar-refractivity contribution in [3.63, 3.8) is 0 Å². The predicted octanol–water partition coefficient (Wildman–Crippen LogP) is 3.31. The van der Waals surface area contributed by atoms with Crippen molar-refractivity contribution in [3.8, 4) is 11.5 Å². The van der Waals surface area contributed by atoms with Crippen molar-refractivity contribution in [1.82, 2.24) is 14.5 Å². The number of nitrogens with one attached hydrogen (secondary N) is 1. The highest BCUT2D eigenvalue weighted by molar-refractivity contribution is 7.89. The topological polar surface area (TPSA) is 79.2 Å². The van der Waals surface area contributed by atoms with Gasteiger partial charge in [-0.25, -0.2) is 8.42 Å². The first kappa shape index (κ1) is 17.4. The zero-order chi connectivity index (χ0) is 17.7. The minimum absolute atomic E-state index is 0.0430. The normalized spacial score (nSPS) is 11.9. The van der Waals surface area contributed by atoms with Crippen LogP contribution in [0.2, 0.25) is 0 Å². The Hall–Kier alpha value is -2.38. The molecule has 0 aliphatic rings. The van der Waals surface area contributed by atoms with Crippen LogP contribution in [-0.2, 0) is 16.4 Å². The summed E-state index contributed by atoms with van der Waals surface area (Å²) in [6.07, 6.45) is 2.99. The van der Waals surface area contributed by atoms with Crippen molar-refractivity contribution < 1.29 is 12.8 Å². The van der Waals surface area contributed by atoms with Gasteiger partial charge < -0.3 is 4.42 Å². The van der Waals surface area contributed by atoms with Crippen LogP contribution in [0.15, 0.2) is 64.2 Å². The van der Waals surface area contributed by atoms with Gasteiger partial charge in [-0.1, -0.05) is 37.3 Å². The predicted molar refractivity (Wildman–Crippen MR) is 95.5 cm³/mol. The zero-order valence-electron chi connectivity index (χ0n) is 14.1. The van der Waals surface area contributed by atoms with Crippen LogP contribution in [0.3, 0.4) is 0 Å². The maximum Gasteiger partial charge on any atom is 0.276 e. The fraction of sp³-hybridized carbons (Fsp3) is 0.278. The number of aromatic amines is 1. The molecular weight excluding hydrogens is 338 g/mol. The number of aromatic nitrogens is 2. The highest BCUT2D eigenvalue weighted by Crippen LogP contribution is 2.25. The van der Waals surface area contributed by atoms with Crippen LogP contribution in [0.5, 0.6) is 0 Å². The summed E-state index contributed by atoms with van der Waals surface area (Å²) in [4.78, 5) is 0. The summed E-state index contributed by atoms with van der Waals surface area (Å²) < 4.78 is 32.9. The third-order valence-corrected chi connectivity index (χ3v) is 5.68. The van der Waals surface area contributed by atoms with E-state index in [2.05, 4.69) is 10.2 Å². The fourth-order valence-corrected chi connectivity index (χ4v) is 4.07. The van der Waals surface area contributed by atoms with Gasteiger partial charge in [-0.2, -0.15) is 9.40 Å². The van der Waals surface area contributed by atoms with Crippen molar-refractivity contribution in [1.29, 1.82) is 0 Å². The van der Waals surface area contributed by atoms with Gasteiger partial charge in [-0.05, 0) is 36.6 Å². The van der Waals surface area contributed by atoms with Gasteiger partial charge in [0.25, 0.3) is 10.0 Å². The van der Waals surface area contributed by atoms with Crippen LogP contribution in [0.1, 0.15) is 18.9 Å². The molecule has 1 N–H and O–H groups in total. The third-order valence-electron chi connectivity index (χ3n) is 3.91. The molecule has 0 fully saturated rings. The van der Waals surface area contributed by atoms with Gasteiger partial charge in [0.15, 0.2) is 5.76 Å². The fourth-order valence-electron chi connectivity index (χ4n) is 2.62. The van der Waals surface area contributed by atoms with Crippen molar-refractivity contribution in [2.24, 2.45) is 0 Å². The second-order valence-corrected chi connectivity index (χ2v) is 7.60. The lowest BCUT2D eigenvalue weighted by Gasteiger charge is -2.20. The van der Waals surface area contributed by atoms with Crippen molar-refractivity contribution in [2.75, 3.05) is 13.1 Å². The van der Waals surface area contributed by atoms with E-state index in [9.17, 15) is 8.42 Å². The van der Waals surface area contributed by atoms with Gasteiger partial charge in [0.05, 0.1) is 0 Å². The van der Waals surface area contributed by atoms with Gasteiger partial charge in [0.1, 0.15) is 5.69 Å². The molecule has 3 rings (SSSR count). The molecule has 2 heterocycles. The van der Waals surface area contributed by atoms with E-state index in [1.165, 1.54) is 10.4 Å². The molecule has 0 aliphatic heterocycles. The SMILES string of the molecule is CCCN(CCc1ccccc1)S(=O)(=O)c1ccc(-c2ccn[nH]2)o1. The van der Waals surface area contributed by atoms with E-state index >= 15 is 0 Å². The van der Waals surface area contributed by atoms with Crippen molar-refractivity contribution in [2.45, 2.75) is 24.9 Å². The summed E-state index contributed by atoms with van der Waals surface area (Å²) in [5, 5.41) is 6.58. The standard InChI is InChI=1S/C18H21N3O3S/c1-2-13-21(14-11-15-6-4-3-5-7-15)25(22,23)18-9-8-17(24-18)16-10-12-19-20-16/h3-10,12H,2,11,13-14H2,1H3,(H,19,20). The number of hydrogen-bond acceptors (Lipinski definition) is 4. The Morgan fingerprint density at radius 3 is 2.56 bits per heavy atom. The van der Waals surface area contributed by atoms with Gasteiger partial charge in [0, 0.05) is 19.3 Å². The lowest BCUT2D eigenvalue weighted by molar-refractivity contribution is 0.383. The molecule has 3 aromatic rings. The summed E-state index contributed by atoms with van der Waals surface area (Å²) in [5.41, 5.74) is 1.75. The number of sulfonamides is 1. The molecule has 0 aliphatic carbocycles. The van der Waals surface area contributed by atoms with E-state index in [1.807, 2.05) is 37.3 Å². The number of nitrogens with zero attached hydrogens (tertiary/aromatic N) is 2. The Balaban J connectivity index is 1.79. The van der Waals surface area contributed by atoms with Crippen LogP contribution in [0.4, 0.5) is 0 Å². The highest BCUT2D eigenvalue weighted by Gasteiger charge is 2.27. The average Bonchev–Trinajstić information content (AvgIpc) is 3.30. The molecule has 0 bridgehead atoms. The smallest absolute Gasteiger partial charge is 0.276 e. The van der Waals surface area contributed by atoms with Gasteiger partial charge in [0.2, 0.25) is 5.09 Å². The first-order valence-electron chi connectivity index (χ1n) is 8.25. The molecule has 0 amide bonds. The number of furan rings is 1. The number of hydrogen-bond donors (Lipinski definition) is 1. The molecule has 2 aromatic heterocycles. The molecular formula is C18H21N3O3S. The first-order valence-corrected chi connectivity index (χ1v) is 9.69. The Morgan fingerprint density at radius 1 is 1.08 bits per heavy atom. The molecule has 0 saturated carbocycles. The molecule has 25 heavy (non-hydrogen) atoms. The Morgan fingerprint density at radius 2 is 1.88 bits per heavy atom. The Labute approximate surface area is 147 Å². The van der Waals surface area contributed by atoms with E-state index in [0.717, 1.165) is 12.0 Å². The van der Waals surface area contributed by atoms with Crippen LogP contribution >= 0.6 is 0 Å². The summed E-state index contributed by atoms with van der Waals surface area (Å²) in [5.74, 6) is 0.454. The highest BCUT2D eigenvalue weighted by atomic mass is 32.2. The van der Waals surface area contributed by atoms with Crippen LogP contribution < -0.4 is 0 Å². The molecule has 1 aromatic carbocycles. The second-order valence-electron chi connectivity index (χ2n) is 5.73. The maximum atomic E-state index is 12.9. The Bertz CT molecular complexity index is 887. The molecule has 132 valence electrons. The van der Waals surface area contributed by atoms with Crippen molar-refractivity contribution >= 4 is 10.0 Å². The largest absolute Gasteiger partial charge is 0.442 e.